The van der Waals surface area contributed by atoms with Gasteiger partial charge in [-0.25, -0.2) is 4.68 Å². The first-order chi connectivity index (χ1) is 11.1. The Hall–Kier alpha value is -1.70. The zero-order valence-electron chi connectivity index (χ0n) is 13.8. The second-order valence-electron chi connectivity index (χ2n) is 5.35. The van der Waals surface area contributed by atoms with Crippen molar-refractivity contribution in [2.24, 2.45) is 0 Å². The second kappa shape index (κ2) is 8.81. The van der Waals surface area contributed by atoms with E-state index in [2.05, 4.69) is 10.00 Å². The van der Waals surface area contributed by atoms with Gasteiger partial charge in [0.25, 0.3) is 4.84 Å². The summed E-state index contributed by atoms with van der Waals surface area (Å²) in [6.45, 7) is 2.27. The molecular weight excluding hydrogens is 314 g/mol. The van der Waals surface area contributed by atoms with Crippen molar-refractivity contribution >= 4 is 12.2 Å². The topological polar surface area (TPSA) is 52.7 Å². The Labute approximate surface area is 141 Å². The van der Waals surface area contributed by atoms with Gasteiger partial charge in [0.2, 0.25) is 5.89 Å². The minimum absolute atomic E-state index is 0.395. The Kier molecular flexibility index (Phi) is 6.76. The molecular formula is C16H23N3O3S. The molecule has 0 aliphatic rings. The highest BCUT2D eigenvalue weighted by Gasteiger charge is 2.09. The van der Waals surface area contributed by atoms with Crippen LogP contribution in [0.2, 0.25) is 0 Å². The Morgan fingerprint density at radius 3 is 2.65 bits per heavy atom. The van der Waals surface area contributed by atoms with Crippen LogP contribution in [0, 0.1) is 4.84 Å². The highest BCUT2D eigenvalue weighted by atomic mass is 32.1. The maximum Gasteiger partial charge on any atom is 0.288 e. The van der Waals surface area contributed by atoms with Gasteiger partial charge in [0.05, 0.1) is 20.2 Å². The van der Waals surface area contributed by atoms with Gasteiger partial charge >= 0.3 is 0 Å². The van der Waals surface area contributed by atoms with Gasteiger partial charge < -0.3 is 13.9 Å². The minimum atomic E-state index is 0.395. The molecule has 2 rings (SSSR count). The number of ether oxygens (including phenoxy) is 2. The van der Waals surface area contributed by atoms with E-state index >= 15 is 0 Å². The number of nitrogens with zero attached hydrogens (tertiary/aromatic N) is 3. The fourth-order valence-corrected chi connectivity index (χ4v) is 2.40. The fourth-order valence-electron chi connectivity index (χ4n) is 2.21. The molecule has 2 aromatic rings. The third kappa shape index (κ3) is 5.46. The van der Waals surface area contributed by atoms with Gasteiger partial charge in [-0.2, -0.15) is 0 Å². The molecule has 0 spiro atoms. The summed E-state index contributed by atoms with van der Waals surface area (Å²) in [5, 5.41) is 4.46. The minimum Gasteiger partial charge on any atom is -0.497 e. The molecule has 0 saturated heterocycles. The van der Waals surface area contributed by atoms with Crippen molar-refractivity contribution in [3.8, 4) is 5.75 Å². The summed E-state index contributed by atoms with van der Waals surface area (Å²) in [4.78, 5) is 2.53. The number of aromatic nitrogens is 2. The Bertz CT molecular complexity index is 651. The molecule has 0 amide bonds. The molecule has 0 aliphatic carbocycles. The lowest BCUT2D eigenvalue weighted by molar-refractivity contribution is 0.167. The monoisotopic (exact) mass is 337 g/mol. The van der Waals surface area contributed by atoms with Gasteiger partial charge in [0, 0.05) is 20.3 Å². The number of hydrogen-bond acceptors (Lipinski definition) is 6. The SMILES string of the molecule is COCCCN(C)Cn1nc(Cc2ccc(OC)cc2)oc1=S. The summed E-state index contributed by atoms with van der Waals surface area (Å²) < 4.78 is 17.5. The van der Waals surface area contributed by atoms with Crippen molar-refractivity contribution in [3.05, 3.63) is 40.6 Å². The predicted octanol–water partition coefficient (Wildman–Crippen LogP) is 2.73. The van der Waals surface area contributed by atoms with Crippen LogP contribution in [-0.4, -0.2) is 49.1 Å². The average molecular weight is 337 g/mol. The third-order valence-corrected chi connectivity index (χ3v) is 3.72. The first kappa shape index (κ1) is 17.7. The molecule has 0 radical (unpaired) electrons. The van der Waals surface area contributed by atoms with Crippen LogP contribution in [0.1, 0.15) is 17.9 Å². The molecule has 0 aliphatic heterocycles. The summed E-state index contributed by atoms with van der Waals surface area (Å²) in [5.74, 6) is 1.45. The van der Waals surface area contributed by atoms with Crippen LogP contribution < -0.4 is 4.74 Å². The lowest BCUT2D eigenvalue weighted by Gasteiger charge is -2.15. The van der Waals surface area contributed by atoms with Crippen LogP contribution in [0.5, 0.6) is 5.75 Å². The molecule has 1 aromatic carbocycles. The maximum absolute atomic E-state index is 5.59. The highest BCUT2D eigenvalue weighted by molar-refractivity contribution is 7.71. The maximum atomic E-state index is 5.59. The summed E-state index contributed by atoms with van der Waals surface area (Å²) in [6, 6.07) is 7.83. The molecule has 0 fully saturated rings. The van der Waals surface area contributed by atoms with E-state index in [1.54, 1.807) is 18.9 Å². The van der Waals surface area contributed by atoms with Crippen molar-refractivity contribution in [2.45, 2.75) is 19.5 Å². The average Bonchev–Trinajstić information content (AvgIpc) is 2.88. The number of hydrogen-bond donors (Lipinski definition) is 0. The summed E-state index contributed by atoms with van der Waals surface area (Å²) in [6.07, 6.45) is 1.57. The molecule has 6 nitrogen and oxygen atoms in total. The molecule has 126 valence electrons. The van der Waals surface area contributed by atoms with E-state index in [0.717, 1.165) is 30.9 Å². The zero-order chi connectivity index (χ0) is 16.7. The van der Waals surface area contributed by atoms with Crippen molar-refractivity contribution < 1.29 is 13.9 Å². The van der Waals surface area contributed by atoms with Gasteiger partial charge in [-0.1, -0.05) is 12.1 Å². The van der Waals surface area contributed by atoms with Gasteiger partial charge in [-0.3, -0.25) is 4.90 Å². The molecule has 0 atom stereocenters. The molecule has 0 saturated carbocycles. The van der Waals surface area contributed by atoms with Crippen molar-refractivity contribution in [1.29, 1.82) is 0 Å². The van der Waals surface area contributed by atoms with Gasteiger partial charge in [-0.05, 0) is 43.4 Å². The number of rotatable bonds is 9. The fraction of sp³-hybridized carbons (Fsp3) is 0.500. The van der Waals surface area contributed by atoms with Gasteiger partial charge in [-0.15, -0.1) is 5.10 Å². The lowest BCUT2D eigenvalue weighted by Crippen LogP contribution is -2.24. The van der Waals surface area contributed by atoms with Gasteiger partial charge in [0.1, 0.15) is 5.75 Å². The lowest BCUT2D eigenvalue weighted by atomic mass is 10.1. The summed E-state index contributed by atoms with van der Waals surface area (Å²) in [5.41, 5.74) is 1.10. The van der Waals surface area contributed by atoms with E-state index in [-0.39, 0.29) is 0 Å². The van der Waals surface area contributed by atoms with Crippen molar-refractivity contribution in [3.63, 3.8) is 0 Å². The van der Waals surface area contributed by atoms with E-state index in [0.29, 0.717) is 23.8 Å². The van der Waals surface area contributed by atoms with Gasteiger partial charge in [0.15, 0.2) is 0 Å². The first-order valence-corrected chi connectivity index (χ1v) is 7.90. The highest BCUT2D eigenvalue weighted by Crippen LogP contribution is 2.14. The van der Waals surface area contributed by atoms with Crippen LogP contribution in [0.25, 0.3) is 0 Å². The number of benzene rings is 1. The van der Waals surface area contributed by atoms with Crippen LogP contribution in [0.4, 0.5) is 0 Å². The predicted molar refractivity (Wildman–Crippen MR) is 90.3 cm³/mol. The Morgan fingerprint density at radius 1 is 1.26 bits per heavy atom. The summed E-state index contributed by atoms with van der Waals surface area (Å²) >= 11 is 5.24. The third-order valence-electron chi connectivity index (χ3n) is 3.43. The molecule has 1 aromatic heterocycles. The Balaban J connectivity index is 1.95. The quantitative estimate of drug-likeness (QED) is 0.518. The number of methoxy groups -OCH3 is 2. The molecule has 0 N–H and O–H groups in total. The van der Waals surface area contributed by atoms with Crippen molar-refractivity contribution in [1.82, 2.24) is 14.7 Å². The largest absolute Gasteiger partial charge is 0.497 e. The molecule has 7 heteroatoms. The van der Waals surface area contributed by atoms with E-state index in [1.165, 1.54) is 0 Å². The van der Waals surface area contributed by atoms with E-state index in [9.17, 15) is 0 Å². The van der Waals surface area contributed by atoms with Crippen molar-refractivity contribution in [2.75, 3.05) is 34.4 Å². The zero-order valence-corrected chi connectivity index (χ0v) is 14.6. The Morgan fingerprint density at radius 2 is 2.00 bits per heavy atom. The van der Waals surface area contributed by atoms with Crippen LogP contribution in [0.15, 0.2) is 28.7 Å². The molecule has 0 bridgehead atoms. The van der Waals surface area contributed by atoms with E-state index in [4.69, 9.17) is 26.1 Å². The van der Waals surface area contributed by atoms with Crippen LogP contribution >= 0.6 is 12.2 Å². The standard InChI is InChI=1S/C16H23N3O3S/c1-18(9-4-10-20-2)12-19-16(23)22-15(17-19)11-13-5-7-14(21-3)8-6-13/h5-8H,4,9-12H2,1-3H3. The summed E-state index contributed by atoms with van der Waals surface area (Å²) in [7, 11) is 5.38. The van der Waals surface area contributed by atoms with E-state index in [1.807, 2.05) is 31.3 Å². The smallest absolute Gasteiger partial charge is 0.288 e. The second-order valence-corrected chi connectivity index (χ2v) is 5.70. The molecule has 23 heavy (non-hydrogen) atoms. The molecule has 1 heterocycles. The first-order valence-electron chi connectivity index (χ1n) is 7.49. The van der Waals surface area contributed by atoms with E-state index < -0.39 is 0 Å². The van der Waals surface area contributed by atoms with Crippen LogP contribution in [0.3, 0.4) is 0 Å². The van der Waals surface area contributed by atoms with Crippen LogP contribution in [-0.2, 0) is 17.8 Å². The molecule has 0 unspecified atom stereocenters. The normalized spacial score (nSPS) is 11.1.